The molecule has 0 saturated carbocycles. The quantitative estimate of drug-likeness (QED) is 0.575. The second kappa shape index (κ2) is 9.27. The number of fused-ring (bicyclic) bond motifs is 1. The third-order valence-electron chi connectivity index (χ3n) is 5.51. The molecule has 0 aliphatic carbocycles. The molecule has 1 atom stereocenters. The standard InChI is InChI=1S/C26H28N2O4S/c1-26(2,17-20-11-5-3-6-12-20)27-25(29)24-18-28(22-15-9-10-16-23(22)32-24)33(30,31)19-21-13-7-4-8-14-21/h3-16,24H,17-19H2,1-2H3,(H,27,29)/t24-/m0/s1. The van der Waals surface area contributed by atoms with E-state index in [0.717, 1.165) is 5.56 Å². The molecule has 7 heteroatoms. The van der Waals surface area contributed by atoms with E-state index in [0.29, 0.717) is 23.4 Å². The van der Waals surface area contributed by atoms with Crippen molar-refractivity contribution in [2.24, 2.45) is 0 Å². The fraction of sp³-hybridized carbons (Fsp3) is 0.269. The van der Waals surface area contributed by atoms with E-state index >= 15 is 0 Å². The van der Waals surface area contributed by atoms with Gasteiger partial charge in [-0.25, -0.2) is 8.42 Å². The fourth-order valence-electron chi connectivity index (χ4n) is 4.03. The van der Waals surface area contributed by atoms with Gasteiger partial charge in [-0.15, -0.1) is 0 Å². The topological polar surface area (TPSA) is 75.7 Å². The summed E-state index contributed by atoms with van der Waals surface area (Å²) < 4.78 is 33.9. The van der Waals surface area contributed by atoms with Crippen molar-refractivity contribution in [3.8, 4) is 5.75 Å². The molecule has 33 heavy (non-hydrogen) atoms. The van der Waals surface area contributed by atoms with E-state index in [4.69, 9.17) is 4.74 Å². The highest BCUT2D eigenvalue weighted by Crippen LogP contribution is 2.36. The van der Waals surface area contributed by atoms with Crippen LogP contribution in [0.1, 0.15) is 25.0 Å². The summed E-state index contributed by atoms with van der Waals surface area (Å²) >= 11 is 0. The van der Waals surface area contributed by atoms with Gasteiger partial charge in [-0.1, -0.05) is 72.8 Å². The predicted octanol–water partition coefficient (Wildman–Crippen LogP) is 3.92. The summed E-state index contributed by atoms with van der Waals surface area (Å²) in [5.41, 5.74) is 1.70. The van der Waals surface area contributed by atoms with Gasteiger partial charge in [0.1, 0.15) is 5.75 Å². The second-order valence-corrected chi connectivity index (χ2v) is 10.8. The van der Waals surface area contributed by atoms with Crippen molar-refractivity contribution in [1.29, 1.82) is 0 Å². The molecule has 0 saturated heterocycles. The fourth-order valence-corrected chi connectivity index (χ4v) is 5.61. The Morgan fingerprint density at radius 3 is 2.18 bits per heavy atom. The summed E-state index contributed by atoms with van der Waals surface area (Å²) in [6.07, 6.45) is -0.320. The summed E-state index contributed by atoms with van der Waals surface area (Å²) in [6, 6.07) is 25.8. The van der Waals surface area contributed by atoms with Crippen LogP contribution >= 0.6 is 0 Å². The van der Waals surface area contributed by atoms with Crippen LogP contribution in [0, 0.1) is 0 Å². The molecule has 0 unspecified atom stereocenters. The number of nitrogens with zero attached hydrogens (tertiary/aromatic N) is 1. The molecule has 4 rings (SSSR count). The van der Waals surface area contributed by atoms with E-state index in [1.54, 1.807) is 36.4 Å². The highest BCUT2D eigenvalue weighted by Gasteiger charge is 2.38. The van der Waals surface area contributed by atoms with Gasteiger partial charge in [0.05, 0.1) is 18.0 Å². The number of carbonyl (C=O) groups excluding carboxylic acids is 1. The SMILES string of the molecule is CC(C)(Cc1ccccc1)NC(=O)[C@@H]1CN(S(=O)(=O)Cc2ccccc2)c2ccccc2O1. The van der Waals surface area contributed by atoms with Crippen LogP contribution in [-0.2, 0) is 27.0 Å². The molecular weight excluding hydrogens is 436 g/mol. The van der Waals surface area contributed by atoms with Crippen molar-refractivity contribution in [3.63, 3.8) is 0 Å². The molecule has 1 aliphatic heterocycles. The van der Waals surface area contributed by atoms with Crippen molar-refractivity contribution >= 4 is 21.6 Å². The Morgan fingerprint density at radius 2 is 1.52 bits per heavy atom. The first-order chi connectivity index (χ1) is 15.7. The van der Waals surface area contributed by atoms with E-state index < -0.39 is 21.7 Å². The van der Waals surface area contributed by atoms with Gasteiger partial charge >= 0.3 is 0 Å². The summed E-state index contributed by atoms with van der Waals surface area (Å²) in [5.74, 6) is -0.123. The van der Waals surface area contributed by atoms with Crippen molar-refractivity contribution in [1.82, 2.24) is 5.32 Å². The molecule has 0 fully saturated rings. The molecule has 6 nitrogen and oxygen atoms in total. The molecule has 0 bridgehead atoms. The summed E-state index contributed by atoms with van der Waals surface area (Å²) in [5, 5.41) is 3.04. The monoisotopic (exact) mass is 464 g/mol. The summed E-state index contributed by atoms with van der Waals surface area (Å²) in [6.45, 7) is 3.80. The van der Waals surface area contributed by atoms with Gasteiger partial charge in [-0.3, -0.25) is 9.10 Å². The maximum Gasteiger partial charge on any atom is 0.263 e. The number of anilines is 1. The largest absolute Gasteiger partial charge is 0.476 e. The second-order valence-electron chi connectivity index (χ2n) is 8.88. The Kier molecular flexibility index (Phi) is 6.42. The zero-order valence-corrected chi connectivity index (χ0v) is 19.6. The number of hydrogen-bond donors (Lipinski definition) is 1. The van der Waals surface area contributed by atoms with Gasteiger partial charge in [0.2, 0.25) is 10.0 Å². The lowest BCUT2D eigenvalue weighted by Gasteiger charge is -2.36. The molecule has 172 valence electrons. The molecular formula is C26H28N2O4S. The number of carbonyl (C=O) groups is 1. The molecule has 1 aliphatic rings. The average Bonchev–Trinajstić information content (AvgIpc) is 2.78. The molecule has 0 radical (unpaired) electrons. The maximum absolute atomic E-state index is 13.4. The summed E-state index contributed by atoms with van der Waals surface area (Å²) in [4.78, 5) is 13.2. The normalized spacial score (nSPS) is 15.9. The first-order valence-corrected chi connectivity index (χ1v) is 12.5. The van der Waals surface area contributed by atoms with Crippen LogP contribution in [0.2, 0.25) is 0 Å². The zero-order chi connectivity index (χ0) is 23.5. The molecule has 0 aromatic heterocycles. The first-order valence-electron chi connectivity index (χ1n) is 10.9. The molecule has 1 heterocycles. The van der Waals surface area contributed by atoms with Crippen molar-refractivity contribution in [2.75, 3.05) is 10.8 Å². The van der Waals surface area contributed by atoms with Crippen LogP contribution in [0.3, 0.4) is 0 Å². The minimum absolute atomic E-state index is 0.0839. The number of nitrogens with one attached hydrogen (secondary N) is 1. The molecule has 1 amide bonds. The number of benzene rings is 3. The lowest BCUT2D eigenvalue weighted by Crippen LogP contribution is -2.55. The number of amides is 1. The van der Waals surface area contributed by atoms with Gasteiger partial charge < -0.3 is 10.1 Å². The number of ether oxygens (including phenoxy) is 1. The predicted molar refractivity (Wildman–Crippen MR) is 130 cm³/mol. The Labute approximate surface area is 195 Å². The molecule has 0 spiro atoms. The van der Waals surface area contributed by atoms with Crippen LogP contribution in [-0.4, -0.2) is 32.5 Å². The highest BCUT2D eigenvalue weighted by molar-refractivity contribution is 7.92. The van der Waals surface area contributed by atoms with Gasteiger partial charge in [0.25, 0.3) is 5.91 Å². The lowest BCUT2D eigenvalue weighted by molar-refractivity contribution is -0.129. The van der Waals surface area contributed by atoms with Gasteiger partial charge in [-0.05, 0) is 43.5 Å². The van der Waals surface area contributed by atoms with Crippen LogP contribution in [0.25, 0.3) is 0 Å². The van der Waals surface area contributed by atoms with E-state index in [1.165, 1.54) is 4.31 Å². The maximum atomic E-state index is 13.4. The Bertz CT molecular complexity index is 1210. The first kappa shape index (κ1) is 22.9. The average molecular weight is 465 g/mol. The van der Waals surface area contributed by atoms with Gasteiger partial charge in [0, 0.05) is 5.54 Å². The zero-order valence-electron chi connectivity index (χ0n) is 18.8. The summed E-state index contributed by atoms with van der Waals surface area (Å²) in [7, 11) is -3.74. The van der Waals surface area contributed by atoms with Crippen LogP contribution in [0.5, 0.6) is 5.75 Å². The van der Waals surface area contributed by atoms with Crippen molar-refractivity contribution < 1.29 is 17.9 Å². The van der Waals surface area contributed by atoms with Crippen LogP contribution in [0.4, 0.5) is 5.69 Å². The van der Waals surface area contributed by atoms with Gasteiger partial charge in [-0.2, -0.15) is 0 Å². The van der Waals surface area contributed by atoms with Crippen molar-refractivity contribution in [3.05, 3.63) is 96.1 Å². The highest BCUT2D eigenvalue weighted by atomic mass is 32.2. The smallest absolute Gasteiger partial charge is 0.263 e. The van der Waals surface area contributed by atoms with E-state index in [2.05, 4.69) is 5.32 Å². The van der Waals surface area contributed by atoms with Crippen molar-refractivity contribution in [2.45, 2.75) is 37.7 Å². The number of sulfonamides is 1. The Morgan fingerprint density at radius 1 is 0.939 bits per heavy atom. The Balaban J connectivity index is 1.55. The van der Waals surface area contributed by atoms with E-state index in [1.807, 2.05) is 62.4 Å². The van der Waals surface area contributed by atoms with E-state index in [9.17, 15) is 13.2 Å². The third-order valence-corrected chi connectivity index (χ3v) is 7.22. The van der Waals surface area contributed by atoms with Gasteiger partial charge in [0.15, 0.2) is 6.10 Å². The van der Waals surface area contributed by atoms with E-state index in [-0.39, 0.29) is 18.2 Å². The third kappa shape index (κ3) is 5.54. The Hall–Kier alpha value is -3.32. The molecule has 3 aromatic carbocycles. The minimum atomic E-state index is -3.74. The van der Waals surface area contributed by atoms with Crippen LogP contribution < -0.4 is 14.4 Å². The number of rotatable bonds is 7. The van der Waals surface area contributed by atoms with Crippen LogP contribution in [0.15, 0.2) is 84.9 Å². The number of hydrogen-bond acceptors (Lipinski definition) is 4. The molecule has 1 N–H and O–H groups in total. The molecule has 3 aromatic rings. The number of para-hydroxylation sites is 2. The lowest BCUT2D eigenvalue weighted by atomic mass is 9.94. The minimum Gasteiger partial charge on any atom is -0.476 e.